The van der Waals surface area contributed by atoms with E-state index in [-0.39, 0.29) is 12.5 Å². The van der Waals surface area contributed by atoms with Crippen LogP contribution in [0.25, 0.3) is 0 Å². The van der Waals surface area contributed by atoms with Crippen LogP contribution in [0.4, 0.5) is 5.69 Å². The first-order valence-electron chi connectivity index (χ1n) is 5.60. The van der Waals surface area contributed by atoms with Crippen LogP contribution in [0.5, 0.6) is 0 Å². The highest BCUT2D eigenvalue weighted by Gasteiger charge is 2.07. The van der Waals surface area contributed by atoms with Crippen molar-refractivity contribution in [2.24, 2.45) is 0 Å². The fourth-order valence-electron chi connectivity index (χ4n) is 1.31. The number of anilines is 1. The van der Waals surface area contributed by atoms with E-state index in [1.807, 2.05) is 6.92 Å². The standard InChI is InChI=1S/C12H18N2O2S/c1-2-14-12(16)9-4-5-10(13)11(8-9)17-7-3-6-15/h4-5,8,15H,2-3,6-7,13H2,1H3,(H,14,16). The maximum Gasteiger partial charge on any atom is 0.251 e. The van der Waals surface area contributed by atoms with Crippen LogP contribution in [-0.4, -0.2) is 29.9 Å². The van der Waals surface area contributed by atoms with Gasteiger partial charge in [0.1, 0.15) is 0 Å². The van der Waals surface area contributed by atoms with Gasteiger partial charge in [0, 0.05) is 35.1 Å². The second kappa shape index (κ2) is 7.19. The number of benzene rings is 1. The summed E-state index contributed by atoms with van der Waals surface area (Å²) >= 11 is 1.56. The van der Waals surface area contributed by atoms with E-state index in [9.17, 15) is 4.79 Å². The lowest BCUT2D eigenvalue weighted by molar-refractivity contribution is 0.0955. The summed E-state index contributed by atoms with van der Waals surface area (Å²) in [7, 11) is 0. The van der Waals surface area contributed by atoms with Gasteiger partial charge in [0.05, 0.1) is 0 Å². The summed E-state index contributed by atoms with van der Waals surface area (Å²) in [6.45, 7) is 2.66. The maximum absolute atomic E-state index is 11.6. The van der Waals surface area contributed by atoms with Gasteiger partial charge in [-0.1, -0.05) is 0 Å². The largest absolute Gasteiger partial charge is 0.398 e. The van der Waals surface area contributed by atoms with Crippen LogP contribution in [0.2, 0.25) is 0 Å². The number of amides is 1. The molecule has 0 aliphatic heterocycles. The second-order valence-corrected chi connectivity index (χ2v) is 4.67. The molecular formula is C12H18N2O2S. The molecule has 0 heterocycles. The molecule has 17 heavy (non-hydrogen) atoms. The van der Waals surface area contributed by atoms with Crippen LogP contribution in [0.1, 0.15) is 23.7 Å². The Balaban J connectivity index is 2.75. The van der Waals surface area contributed by atoms with Crippen molar-refractivity contribution >= 4 is 23.4 Å². The molecule has 5 heteroatoms. The zero-order valence-corrected chi connectivity index (χ0v) is 10.7. The lowest BCUT2D eigenvalue weighted by atomic mass is 10.2. The number of thioether (sulfide) groups is 1. The fraction of sp³-hybridized carbons (Fsp3) is 0.417. The van der Waals surface area contributed by atoms with Crippen LogP contribution in [0.3, 0.4) is 0 Å². The van der Waals surface area contributed by atoms with E-state index >= 15 is 0 Å². The van der Waals surface area contributed by atoms with Crippen molar-refractivity contribution in [1.29, 1.82) is 0 Å². The number of carbonyl (C=O) groups is 1. The monoisotopic (exact) mass is 254 g/mol. The molecule has 0 unspecified atom stereocenters. The highest BCUT2D eigenvalue weighted by Crippen LogP contribution is 2.26. The van der Waals surface area contributed by atoms with E-state index in [0.29, 0.717) is 17.8 Å². The number of hydrogen-bond donors (Lipinski definition) is 3. The Labute approximate surface area is 106 Å². The molecule has 0 spiro atoms. The van der Waals surface area contributed by atoms with Crippen LogP contribution in [-0.2, 0) is 0 Å². The van der Waals surface area contributed by atoms with Crippen molar-refractivity contribution in [1.82, 2.24) is 5.32 Å². The molecule has 0 aliphatic rings. The number of aliphatic hydroxyl groups is 1. The highest BCUT2D eigenvalue weighted by atomic mass is 32.2. The number of aliphatic hydroxyl groups excluding tert-OH is 1. The molecule has 1 rings (SSSR count). The third kappa shape index (κ3) is 4.28. The molecule has 0 aromatic heterocycles. The van der Waals surface area contributed by atoms with Gasteiger partial charge in [0.2, 0.25) is 0 Å². The Morgan fingerprint density at radius 3 is 2.94 bits per heavy atom. The second-order valence-electron chi connectivity index (χ2n) is 3.54. The summed E-state index contributed by atoms with van der Waals surface area (Å²) in [6.07, 6.45) is 0.718. The van der Waals surface area contributed by atoms with E-state index < -0.39 is 0 Å². The van der Waals surface area contributed by atoms with Crippen LogP contribution < -0.4 is 11.1 Å². The first-order valence-corrected chi connectivity index (χ1v) is 6.59. The molecule has 0 saturated carbocycles. The number of rotatable bonds is 6. The number of nitrogens with one attached hydrogen (secondary N) is 1. The normalized spacial score (nSPS) is 10.2. The maximum atomic E-state index is 11.6. The van der Waals surface area contributed by atoms with Crippen LogP contribution in [0.15, 0.2) is 23.1 Å². The Morgan fingerprint density at radius 2 is 2.29 bits per heavy atom. The molecule has 4 nitrogen and oxygen atoms in total. The fourth-order valence-corrected chi connectivity index (χ4v) is 2.25. The van der Waals surface area contributed by atoms with E-state index in [4.69, 9.17) is 10.8 Å². The van der Waals surface area contributed by atoms with Crippen molar-refractivity contribution in [2.75, 3.05) is 24.6 Å². The quantitative estimate of drug-likeness (QED) is 0.408. The van der Waals surface area contributed by atoms with E-state index in [2.05, 4.69) is 5.32 Å². The van der Waals surface area contributed by atoms with Gasteiger partial charge >= 0.3 is 0 Å². The first-order chi connectivity index (χ1) is 8.19. The topological polar surface area (TPSA) is 75.4 Å². The minimum atomic E-state index is -0.0866. The minimum Gasteiger partial charge on any atom is -0.398 e. The molecule has 0 saturated heterocycles. The van der Waals surface area contributed by atoms with Gasteiger partial charge in [-0.3, -0.25) is 4.79 Å². The third-order valence-electron chi connectivity index (χ3n) is 2.17. The van der Waals surface area contributed by atoms with Crippen LogP contribution in [0, 0.1) is 0 Å². The predicted octanol–water partition coefficient (Wildman–Crippen LogP) is 1.49. The number of hydrogen-bond acceptors (Lipinski definition) is 4. The third-order valence-corrected chi connectivity index (χ3v) is 3.33. The predicted molar refractivity (Wildman–Crippen MR) is 71.3 cm³/mol. The van der Waals surface area contributed by atoms with Gasteiger partial charge in [0.15, 0.2) is 0 Å². The van der Waals surface area contributed by atoms with Gasteiger partial charge in [-0.05, 0) is 31.5 Å². The summed E-state index contributed by atoms with van der Waals surface area (Å²) in [5.74, 6) is 0.705. The van der Waals surface area contributed by atoms with Crippen molar-refractivity contribution < 1.29 is 9.90 Å². The zero-order chi connectivity index (χ0) is 12.7. The molecular weight excluding hydrogens is 236 g/mol. The van der Waals surface area contributed by atoms with Crippen molar-refractivity contribution in [2.45, 2.75) is 18.2 Å². The van der Waals surface area contributed by atoms with Crippen LogP contribution >= 0.6 is 11.8 Å². The summed E-state index contributed by atoms with van der Waals surface area (Å²) in [6, 6.07) is 5.25. The van der Waals surface area contributed by atoms with Gasteiger partial charge < -0.3 is 16.2 Å². The minimum absolute atomic E-state index is 0.0866. The first kappa shape index (κ1) is 13.9. The molecule has 0 fully saturated rings. The van der Waals surface area contributed by atoms with Gasteiger partial charge in [-0.15, -0.1) is 11.8 Å². The molecule has 1 aromatic carbocycles. The van der Waals surface area contributed by atoms with Gasteiger partial charge in [0.25, 0.3) is 5.91 Å². The van der Waals surface area contributed by atoms with Crippen molar-refractivity contribution in [3.8, 4) is 0 Å². The lowest BCUT2D eigenvalue weighted by Crippen LogP contribution is -2.22. The van der Waals surface area contributed by atoms with Gasteiger partial charge in [-0.25, -0.2) is 0 Å². The average Bonchev–Trinajstić information content (AvgIpc) is 2.32. The average molecular weight is 254 g/mol. The van der Waals surface area contributed by atoms with E-state index in [1.54, 1.807) is 30.0 Å². The molecule has 4 N–H and O–H groups in total. The molecule has 0 bridgehead atoms. The SMILES string of the molecule is CCNC(=O)c1ccc(N)c(SCCCO)c1. The molecule has 0 atom stereocenters. The summed E-state index contributed by atoms with van der Waals surface area (Å²) < 4.78 is 0. The smallest absolute Gasteiger partial charge is 0.251 e. The summed E-state index contributed by atoms with van der Waals surface area (Å²) in [5, 5.41) is 11.5. The summed E-state index contributed by atoms with van der Waals surface area (Å²) in [5.41, 5.74) is 7.12. The van der Waals surface area contributed by atoms with E-state index in [0.717, 1.165) is 17.1 Å². The molecule has 0 aliphatic carbocycles. The van der Waals surface area contributed by atoms with Gasteiger partial charge in [-0.2, -0.15) is 0 Å². The highest BCUT2D eigenvalue weighted by molar-refractivity contribution is 7.99. The van der Waals surface area contributed by atoms with Crippen molar-refractivity contribution in [3.05, 3.63) is 23.8 Å². The molecule has 1 aromatic rings. The Hall–Kier alpha value is -1.20. The number of nitrogen functional groups attached to an aromatic ring is 1. The Kier molecular flexibility index (Phi) is 5.86. The van der Waals surface area contributed by atoms with E-state index in [1.165, 1.54) is 0 Å². The summed E-state index contributed by atoms with van der Waals surface area (Å²) in [4.78, 5) is 12.5. The lowest BCUT2D eigenvalue weighted by Gasteiger charge is -2.08. The number of nitrogens with two attached hydrogens (primary N) is 1. The van der Waals surface area contributed by atoms with Crippen molar-refractivity contribution in [3.63, 3.8) is 0 Å². The molecule has 1 amide bonds. The Morgan fingerprint density at radius 1 is 1.53 bits per heavy atom. The molecule has 94 valence electrons. The number of carbonyl (C=O) groups excluding carboxylic acids is 1. The molecule has 0 radical (unpaired) electrons. The Bertz CT molecular complexity index is 383. The zero-order valence-electron chi connectivity index (χ0n) is 9.90.